The van der Waals surface area contributed by atoms with E-state index >= 15 is 0 Å². The van der Waals surface area contributed by atoms with E-state index in [0.29, 0.717) is 12.5 Å². The predicted octanol–water partition coefficient (Wildman–Crippen LogP) is 3.20. The van der Waals surface area contributed by atoms with Gasteiger partial charge in [0.15, 0.2) is 5.96 Å². The van der Waals surface area contributed by atoms with Crippen molar-refractivity contribution in [1.29, 1.82) is 0 Å². The molecule has 0 spiro atoms. The molecule has 0 aliphatic heterocycles. The van der Waals surface area contributed by atoms with Gasteiger partial charge in [0.2, 0.25) is 0 Å². The van der Waals surface area contributed by atoms with Gasteiger partial charge < -0.3 is 15.4 Å². The number of aliphatic imine (C=N–C) groups is 1. The van der Waals surface area contributed by atoms with Crippen molar-refractivity contribution in [1.82, 2.24) is 10.6 Å². The topological polar surface area (TPSA) is 45.7 Å². The molecule has 1 rings (SSSR count). The summed E-state index contributed by atoms with van der Waals surface area (Å²) in [5, 5.41) is 6.50. The van der Waals surface area contributed by atoms with Crippen molar-refractivity contribution in [3.8, 4) is 5.75 Å². The molecule has 0 saturated carbocycles. The number of aryl methyl sites for hydroxylation is 1. The summed E-state index contributed by atoms with van der Waals surface area (Å²) in [7, 11) is 0. The maximum absolute atomic E-state index is 5.67. The fourth-order valence-electron chi connectivity index (χ4n) is 1.59. The van der Waals surface area contributed by atoms with Crippen LogP contribution >= 0.6 is 24.0 Å². The van der Waals surface area contributed by atoms with Gasteiger partial charge in [0.1, 0.15) is 12.4 Å². The molecule has 0 aromatic heterocycles. The highest BCUT2D eigenvalue weighted by atomic mass is 127. The Kier molecular flexibility index (Phi) is 11.1. The van der Waals surface area contributed by atoms with E-state index in [2.05, 4.69) is 55.5 Å². The molecule has 0 atom stereocenters. The van der Waals surface area contributed by atoms with E-state index in [0.717, 1.165) is 31.3 Å². The minimum atomic E-state index is 0. The quantitative estimate of drug-likeness (QED) is 0.317. The second-order valence-electron chi connectivity index (χ2n) is 5.20. The molecule has 0 fully saturated rings. The van der Waals surface area contributed by atoms with Crippen LogP contribution in [0.2, 0.25) is 0 Å². The predicted molar refractivity (Wildman–Crippen MR) is 101 cm³/mol. The molecule has 21 heavy (non-hydrogen) atoms. The fourth-order valence-corrected chi connectivity index (χ4v) is 1.59. The van der Waals surface area contributed by atoms with Crippen LogP contribution in [0, 0.1) is 12.8 Å². The fraction of sp³-hybridized carbons (Fsp3) is 0.562. The molecule has 0 aliphatic carbocycles. The first kappa shape index (κ1) is 20.0. The SMILES string of the molecule is CCNC(=NCC(C)C)NCCOc1ccc(C)cc1.I. The van der Waals surface area contributed by atoms with Crippen LogP contribution in [0.5, 0.6) is 5.75 Å². The van der Waals surface area contributed by atoms with E-state index in [4.69, 9.17) is 4.74 Å². The van der Waals surface area contributed by atoms with Crippen molar-refractivity contribution in [2.24, 2.45) is 10.9 Å². The molecule has 0 unspecified atom stereocenters. The number of benzene rings is 1. The molecule has 2 N–H and O–H groups in total. The first-order valence-corrected chi connectivity index (χ1v) is 7.33. The van der Waals surface area contributed by atoms with Crippen LogP contribution in [0.3, 0.4) is 0 Å². The molecule has 0 aliphatic rings. The normalized spacial score (nSPS) is 11.0. The first-order chi connectivity index (χ1) is 9.61. The Morgan fingerprint density at radius 2 is 1.86 bits per heavy atom. The lowest BCUT2D eigenvalue weighted by Crippen LogP contribution is -2.39. The number of guanidine groups is 1. The molecular formula is C16H28IN3O. The highest BCUT2D eigenvalue weighted by molar-refractivity contribution is 14.0. The lowest BCUT2D eigenvalue weighted by atomic mass is 10.2. The summed E-state index contributed by atoms with van der Waals surface area (Å²) in [6.45, 7) is 11.5. The number of ether oxygens (including phenoxy) is 1. The highest BCUT2D eigenvalue weighted by Crippen LogP contribution is 2.10. The van der Waals surface area contributed by atoms with Gasteiger partial charge in [-0.05, 0) is 31.9 Å². The summed E-state index contributed by atoms with van der Waals surface area (Å²) < 4.78 is 5.67. The van der Waals surface area contributed by atoms with Gasteiger partial charge in [-0.25, -0.2) is 0 Å². The van der Waals surface area contributed by atoms with Crippen molar-refractivity contribution in [2.45, 2.75) is 27.7 Å². The van der Waals surface area contributed by atoms with Crippen molar-refractivity contribution in [3.05, 3.63) is 29.8 Å². The van der Waals surface area contributed by atoms with Crippen molar-refractivity contribution in [3.63, 3.8) is 0 Å². The van der Waals surface area contributed by atoms with E-state index < -0.39 is 0 Å². The molecule has 0 amide bonds. The zero-order valence-corrected chi connectivity index (χ0v) is 15.8. The zero-order chi connectivity index (χ0) is 14.8. The number of halogens is 1. The Labute approximate surface area is 145 Å². The summed E-state index contributed by atoms with van der Waals surface area (Å²) in [6.07, 6.45) is 0. The molecular weight excluding hydrogens is 377 g/mol. The first-order valence-electron chi connectivity index (χ1n) is 7.33. The Bertz CT molecular complexity index is 404. The third-order valence-corrected chi connectivity index (χ3v) is 2.64. The minimum absolute atomic E-state index is 0. The van der Waals surface area contributed by atoms with Crippen LogP contribution < -0.4 is 15.4 Å². The Balaban J connectivity index is 0.00000400. The van der Waals surface area contributed by atoms with E-state index in [-0.39, 0.29) is 24.0 Å². The highest BCUT2D eigenvalue weighted by Gasteiger charge is 1.98. The van der Waals surface area contributed by atoms with E-state index in [9.17, 15) is 0 Å². The van der Waals surface area contributed by atoms with Crippen LogP contribution in [0.4, 0.5) is 0 Å². The van der Waals surface area contributed by atoms with Crippen molar-refractivity contribution >= 4 is 29.9 Å². The average Bonchev–Trinajstić information content (AvgIpc) is 2.42. The van der Waals surface area contributed by atoms with E-state index in [1.54, 1.807) is 0 Å². The lowest BCUT2D eigenvalue weighted by Gasteiger charge is -2.12. The van der Waals surface area contributed by atoms with Gasteiger partial charge in [0.05, 0.1) is 6.54 Å². The smallest absolute Gasteiger partial charge is 0.191 e. The second kappa shape index (κ2) is 11.7. The van der Waals surface area contributed by atoms with Gasteiger partial charge in [-0.1, -0.05) is 31.5 Å². The summed E-state index contributed by atoms with van der Waals surface area (Å²) in [6, 6.07) is 8.09. The minimum Gasteiger partial charge on any atom is -0.492 e. The monoisotopic (exact) mass is 405 g/mol. The maximum atomic E-state index is 5.67. The molecule has 120 valence electrons. The lowest BCUT2D eigenvalue weighted by molar-refractivity contribution is 0.322. The number of nitrogens with one attached hydrogen (secondary N) is 2. The van der Waals surface area contributed by atoms with Crippen LogP contribution in [-0.4, -0.2) is 32.2 Å². The van der Waals surface area contributed by atoms with Crippen LogP contribution in [0.25, 0.3) is 0 Å². The van der Waals surface area contributed by atoms with Crippen LogP contribution in [0.15, 0.2) is 29.3 Å². The molecule has 5 heteroatoms. The second-order valence-corrected chi connectivity index (χ2v) is 5.20. The third kappa shape index (κ3) is 9.55. The number of hydrogen-bond acceptors (Lipinski definition) is 2. The zero-order valence-electron chi connectivity index (χ0n) is 13.5. The summed E-state index contributed by atoms with van der Waals surface area (Å²) in [5.74, 6) is 2.32. The van der Waals surface area contributed by atoms with Gasteiger partial charge in [0, 0.05) is 13.1 Å². The Morgan fingerprint density at radius 1 is 1.19 bits per heavy atom. The standard InChI is InChI=1S/C16H27N3O.HI/c1-5-17-16(19-12-13(2)3)18-10-11-20-15-8-6-14(4)7-9-15;/h6-9,13H,5,10-12H2,1-4H3,(H2,17,18,19);1H. The van der Waals surface area contributed by atoms with Gasteiger partial charge in [-0.15, -0.1) is 24.0 Å². The molecule has 0 heterocycles. The molecule has 1 aromatic rings. The molecule has 1 aromatic carbocycles. The molecule has 0 bridgehead atoms. The van der Waals surface area contributed by atoms with E-state index in [1.165, 1.54) is 5.56 Å². The van der Waals surface area contributed by atoms with Crippen molar-refractivity contribution in [2.75, 3.05) is 26.2 Å². The van der Waals surface area contributed by atoms with Crippen molar-refractivity contribution < 1.29 is 4.74 Å². The Hall–Kier alpha value is -0.980. The third-order valence-electron chi connectivity index (χ3n) is 2.64. The van der Waals surface area contributed by atoms with Gasteiger partial charge in [-0.3, -0.25) is 4.99 Å². The maximum Gasteiger partial charge on any atom is 0.191 e. The van der Waals surface area contributed by atoms with Gasteiger partial charge >= 0.3 is 0 Å². The largest absolute Gasteiger partial charge is 0.492 e. The summed E-state index contributed by atoms with van der Waals surface area (Å²) in [4.78, 5) is 4.51. The van der Waals surface area contributed by atoms with Crippen LogP contribution in [-0.2, 0) is 0 Å². The Morgan fingerprint density at radius 3 is 2.43 bits per heavy atom. The van der Waals surface area contributed by atoms with Gasteiger partial charge in [0.25, 0.3) is 0 Å². The number of nitrogens with zero attached hydrogens (tertiary/aromatic N) is 1. The molecule has 0 saturated heterocycles. The van der Waals surface area contributed by atoms with Crippen LogP contribution in [0.1, 0.15) is 26.3 Å². The average molecular weight is 405 g/mol. The molecule has 4 nitrogen and oxygen atoms in total. The number of hydrogen-bond donors (Lipinski definition) is 2. The summed E-state index contributed by atoms with van der Waals surface area (Å²) >= 11 is 0. The summed E-state index contributed by atoms with van der Waals surface area (Å²) in [5.41, 5.74) is 1.24. The molecule has 0 radical (unpaired) electrons. The van der Waals surface area contributed by atoms with E-state index in [1.807, 2.05) is 12.1 Å². The van der Waals surface area contributed by atoms with Gasteiger partial charge in [-0.2, -0.15) is 0 Å². The number of rotatable bonds is 7.